The molecule has 0 N–H and O–H groups in total. The minimum Gasteiger partial charge on any atom is -0.244 e. The van der Waals surface area contributed by atoms with E-state index in [0.717, 1.165) is 0 Å². The Morgan fingerprint density at radius 3 is 2.56 bits per heavy atom. The lowest BCUT2D eigenvalue weighted by molar-refractivity contribution is 0.405. The van der Waals surface area contributed by atoms with Crippen molar-refractivity contribution in [2.75, 3.05) is 13.1 Å². The van der Waals surface area contributed by atoms with Gasteiger partial charge in [0.1, 0.15) is 5.15 Å². The molecule has 0 spiro atoms. The molecular formula is C11H15ClN2O2S2. The smallest absolute Gasteiger partial charge is 0.243 e. The van der Waals surface area contributed by atoms with Gasteiger partial charge in [-0.3, -0.25) is 0 Å². The monoisotopic (exact) mass is 306 g/mol. The highest BCUT2D eigenvalue weighted by Crippen LogP contribution is 2.29. The first-order valence-electron chi connectivity index (χ1n) is 5.67. The predicted molar refractivity (Wildman–Crippen MR) is 74.5 cm³/mol. The van der Waals surface area contributed by atoms with E-state index in [4.69, 9.17) is 11.6 Å². The zero-order valence-corrected chi connectivity index (χ0v) is 12.6. The highest BCUT2D eigenvalue weighted by molar-refractivity contribution is 8.00. The van der Waals surface area contributed by atoms with Crippen molar-refractivity contribution >= 4 is 33.4 Å². The molecule has 1 aromatic heterocycles. The molecule has 4 nitrogen and oxygen atoms in total. The van der Waals surface area contributed by atoms with Crippen molar-refractivity contribution in [1.29, 1.82) is 0 Å². The number of hydrogen-bond acceptors (Lipinski definition) is 4. The van der Waals surface area contributed by atoms with Crippen LogP contribution in [0.4, 0.5) is 0 Å². The Balaban J connectivity index is 2.31. The number of aromatic nitrogens is 1. The number of pyridine rings is 1. The molecule has 2 atom stereocenters. The zero-order valence-electron chi connectivity index (χ0n) is 10.2. The molecule has 7 heteroatoms. The molecule has 18 heavy (non-hydrogen) atoms. The molecule has 1 saturated heterocycles. The van der Waals surface area contributed by atoms with Crippen molar-refractivity contribution in [3.05, 3.63) is 23.5 Å². The number of halogens is 1. The van der Waals surface area contributed by atoms with Crippen LogP contribution in [-0.4, -0.2) is 41.3 Å². The molecule has 0 amide bonds. The van der Waals surface area contributed by atoms with Crippen LogP contribution in [0.2, 0.25) is 5.15 Å². The summed E-state index contributed by atoms with van der Waals surface area (Å²) in [5, 5.41) is 0.810. The van der Waals surface area contributed by atoms with Gasteiger partial charge in [0.25, 0.3) is 0 Å². The van der Waals surface area contributed by atoms with Gasteiger partial charge in [0.05, 0.1) is 4.90 Å². The minimum absolute atomic E-state index is 0.198. The summed E-state index contributed by atoms with van der Waals surface area (Å²) in [4.78, 5) is 4.02. The average Bonchev–Trinajstić information content (AvgIpc) is 2.27. The lowest BCUT2D eigenvalue weighted by Crippen LogP contribution is -2.43. The van der Waals surface area contributed by atoms with E-state index in [0.29, 0.717) is 23.6 Å². The molecular weight excluding hydrogens is 292 g/mol. The summed E-state index contributed by atoms with van der Waals surface area (Å²) in [5.74, 6) is 0. The third-order valence-corrected chi connectivity index (χ3v) is 5.98. The minimum atomic E-state index is -3.45. The molecule has 1 aromatic rings. The van der Waals surface area contributed by atoms with Gasteiger partial charge in [0, 0.05) is 29.8 Å². The van der Waals surface area contributed by atoms with Gasteiger partial charge in [-0.1, -0.05) is 25.4 Å². The van der Waals surface area contributed by atoms with Gasteiger partial charge in [-0.2, -0.15) is 16.1 Å². The molecule has 2 heterocycles. The fourth-order valence-electron chi connectivity index (χ4n) is 2.02. The summed E-state index contributed by atoms with van der Waals surface area (Å²) in [6.45, 7) is 5.17. The van der Waals surface area contributed by atoms with Crippen molar-refractivity contribution in [1.82, 2.24) is 9.29 Å². The van der Waals surface area contributed by atoms with Crippen molar-refractivity contribution in [2.24, 2.45) is 0 Å². The van der Waals surface area contributed by atoms with Crippen LogP contribution in [0.3, 0.4) is 0 Å². The summed E-state index contributed by atoms with van der Waals surface area (Å²) >= 11 is 7.56. The lowest BCUT2D eigenvalue weighted by atomic mass is 10.4. The van der Waals surface area contributed by atoms with E-state index >= 15 is 0 Å². The van der Waals surface area contributed by atoms with Crippen molar-refractivity contribution in [3.63, 3.8) is 0 Å². The van der Waals surface area contributed by atoms with E-state index in [-0.39, 0.29) is 10.0 Å². The first-order valence-corrected chi connectivity index (χ1v) is 8.43. The maximum absolute atomic E-state index is 12.5. The first kappa shape index (κ1) is 14.1. The molecule has 0 bridgehead atoms. The van der Waals surface area contributed by atoms with Crippen molar-refractivity contribution in [3.8, 4) is 0 Å². The maximum atomic E-state index is 12.5. The van der Waals surface area contributed by atoms with Gasteiger partial charge in [-0.15, -0.1) is 0 Å². The fourth-order valence-corrected chi connectivity index (χ4v) is 5.40. The predicted octanol–water partition coefficient (Wildman–Crippen LogP) is 2.25. The summed E-state index contributed by atoms with van der Waals surface area (Å²) in [6, 6.07) is 2.88. The van der Waals surface area contributed by atoms with Gasteiger partial charge in [-0.05, 0) is 12.1 Å². The molecule has 1 fully saturated rings. The topological polar surface area (TPSA) is 50.3 Å². The van der Waals surface area contributed by atoms with Gasteiger partial charge in [0.2, 0.25) is 10.0 Å². The third-order valence-electron chi connectivity index (χ3n) is 2.72. The van der Waals surface area contributed by atoms with E-state index in [9.17, 15) is 8.42 Å². The van der Waals surface area contributed by atoms with E-state index in [1.54, 1.807) is 0 Å². The Kier molecular flexibility index (Phi) is 4.21. The molecule has 0 aliphatic carbocycles. The molecule has 2 rings (SSSR count). The summed E-state index contributed by atoms with van der Waals surface area (Å²) < 4.78 is 26.5. The fraction of sp³-hybridized carbons (Fsp3) is 0.545. The Hall–Kier alpha value is -0.300. The van der Waals surface area contributed by atoms with Crippen LogP contribution >= 0.6 is 23.4 Å². The highest BCUT2D eigenvalue weighted by atomic mass is 35.5. The normalized spacial score (nSPS) is 26.2. The van der Waals surface area contributed by atoms with Gasteiger partial charge >= 0.3 is 0 Å². The quantitative estimate of drug-likeness (QED) is 0.786. The molecule has 0 aromatic carbocycles. The van der Waals surface area contributed by atoms with Crippen LogP contribution in [-0.2, 0) is 10.0 Å². The molecule has 2 unspecified atom stereocenters. The number of nitrogens with zero attached hydrogens (tertiary/aromatic N) is 2. The largest absolute Gasteiger partial charge is 0.244 e. The average molecular weight is 307 g/mol. The van der Waals surface area contributed by atoms with Crippen LogP contribution in [0.1, 0.15) is 13.8 Å². The Labute approximate surface area is 117 Å². The van der Waals surface area contributed by atoms with Crippen LogP contribution < -0.4 is 0 Å². The molecule has 1 aliphatic heterocycles. The van der Waals surface area contributed by atoms with Crippen LogP contribution in [0.15, 0.2) is 23.2 Å². The Morgan fingerprint density at radius 2 is 2.00 bits per heavy atom. The standard InChI is InChI=1S/C11H15ClN2O2S2/c1-8-6-14(7-9(2)17-8)18(15,16)10-3-4-13-11(12)5-10/h3-5,8-9H,6-7H2,1-2H3. The maximum Gasteiger partial charge on any atom is 0.243 e. The molecule has 0 radical (unpaired) electrons. The van der Waals surface area contributed by atoms with Crippen LogP contribution in [0.25, 0.3) is 0 Å². The van der Waals surface area contributed by atoms with Gasteiger partial charge in [-0.25, -0.2) is 13.4 Å². The van der Waals surface area contributed by atoms with Gasteiger partial charge < -0.3 is 0 Å². The van der Waals surface area contributed by atoms with Crippen molar-refractivity contribution in [2.45, 2.75) is 29.2 Å². The number of hydrogen-bond donors (Lipinski definition) is 0. The van der Waals surface area contributed by atoms with E-state index < -0.39 is 10.0 Å². The summed E-state index contributed by atoms with van der Waals surface area (Å²) in [5.41, 5.74) is 0. The van der Waals surface area contributed by atoms with E-state index in [1.165, 1.54) is 22.6 Å². The second-order valence-corrected chi connectivity index (χ2v) is 8.60. The zero-order chi connectivity index (χ0) is 13.3. The Morgan fingerprint density at radius 1 is 1.39 bits per heavy atom. The summed E-state index contributed by atoms with van der Waals surface area (Å²) in [6.07, 6.45) is 1.42. The SMILES string of the molecule is CC1CN(S(=O)(=O)c2ccnc(Cl)c2)CC(C)S1. The number of rotatable bonds is 2. The van der Waals surface area contributed by atoms with Crippen molar-refractivity contribution < 1.29 is 8.42 Å². The van der Waals surface area contributed by atoms with E-state index in [1.807, 2.05) is 25.6 Å². The number of sulfonamides is 1. The Bertz CT molecular complexity index is 526. The first-order chi connectivity index (χ1) is 8.39. The van der Waals surface area contributed by atoms with Crippen LogP contribution in [0.5, 0.6) is 0 Å². The summed E-state index contributed by atoms with van der Waals surface area (Å²) in [7, 11) is -3.45. The second kappa shape index (κ2) is 5.36. The van der Waals surface area contributed by atoms with Gasteiger partial charge in [0.15, 0.2) is 0 Å². The number of thioether (sulfide) groups is 1. The molecule has 1 aliphatic rings. The highest BCUT2D eigenvalue weighted by Gasteiger charge is 2.32. The lowest BCUT2D eigenvalue weighted by Gasteiger charge is -2.33. The third kappa shape index (κ3) is 2.99. The van der Waals surface area contributed by atoms with Crippen LogP contribution in [0, 0.1) is 0 Å². The second-order valence-electron chi connectivity index (χ2n) is 4.39. The molecule has 0 saturated carbocycles. The molecule has 100 valence electrons. The van der Waals surface area contributed by atoms with E-state index in [2.05, 4.69) is 4.98 Å².